The van der Waals surface area contributed by atoms with Crippen LogP contribution in [-0.4, -0.2) is 34.2 Å². The standard InChI is InChI=1S/C12H18NO3S2Se/c1-11(2)9-6-8(7-17-18(5,15)16)19-10(9)12(3,4)13(11)14/h6H,7H2,1-5H3. The zero-order valence-electron chi connectivity index (χ0n) is 11.7. The number of hydrogen-bond donors (Lipinski definition) is 0. The van der Waals surface area contributed by atoms with Crippen LogP contribution in [0.2, 0.25) is 0 Å². The van der Waals surface area contributed by atoms with Crippen molar-refractivity contribution < 1.29 is 13.6 Å². The summed E-state index contributed by atoms with van der Waals surface area (Å²) in [5.74, 6) is 0.511. The first-order chi connectivity index (χ1) is 8.46. The third-order valence-corrected chi connectivity index (χ3v) is 9.37. The van der Waals surface area contributed by atoms with Crippen molar-refractivity contribution in [2.45, 2.75) is 44.5 Å². The van der Waals surface area contributed by atoms with E-state index in [2.05, 4.69) is 0 Å². The molecule has 1 radical (unpaired) electrons. The van der Waals surface area contributed by atoms with Gasteiger partial charge in [-0.15, -0.1) is 0 Å². The molecule has 0 saturated carbocycles. The van der Waals surface area contributed by atoms with Crippen molar-refractivity contribution in [3.8, 4) is 0 Å². The summed E-state index contributed by atoms with van der Waals surface area (Å²) in [7, 11) is -2.04. The molecule has 4 nitrogen and oxygen atoms in total. The van der Waals surface area contributed by atoms with E-state index in [9.17, 15) is 13.6 Å². The van der Waals surface area contributed by atoms with E-state index in [4.69, 9.17) is 0 Å². The molecule has 7 heteroatoms. The summed E-state index contributed by atoms with van der Waals surface area (Å²) in [6, 6.07) is 2.05. The third kappa shape index (κ3) is 2.69. The first-order valence-electron chi connectivity index (χ1n) is 5.92. The molecule has 0 saturated heterocycles. The minimum absolute atomic E-state index is 0.0902. The molecule has 0 amide bonds. The molecule has 19 heavy (non-hydrogen) atoms. The minimum atomic E-state index is -3.01. The quantitative estimate of drug-likeness (QED) is 0.606. The summed E-state index contributed by atoms with van der Waals surface area (Å²) in [6.07, 6.45) is 1.23. The van der Waals surface area contributed by atoms with Crippen molar-refractivity contribution in [2.75, 3.05) is 6.26 Å². The average Bonchev–Trinajstić information content (AvgIpc) is 2.73. The number of rotatable bonds is 3. The van der Waals surface area contributed by atoms with Gasteiger partial charge in [0.2, 0.25) is 0 Å². The predicted molar refractivity (Wildman–Crippen MR) is 78.1 cm³/mol. The van der Waals surface area contributed by atoms with E-state index in [0.29, 0.717) is 5.75 Å². The van der Waals surface area contributed by atoms with Gasteiger partial charge in [0.05, 0.1) is 0 Å². The van der Waals surface area contributed by atoms with Crippen LogP contribution in [0.4, 0.5) is 0 Å². The molecular formula is C12H18NO3S2Se. The van der Waals surface area contributed by atoms with E-state index in [0.717, 1.165) is 20.8 Å². The Morgan fingerprint density at radius 2 is 1.84 bits per heavy atom. The van der Waals surface area contributed by atoms with Gasteiger partial charge in [-0.25, -0.2) is 0 Å². The second-order valence-electron chi connectivity index (χ2n) is 5.83. The zero-order valence-corrected chi connectivity index (χ0v) is 15.0. The van der Waals surface area contributed by atoms with E-state index in [1.54, 1.807) is 0 Å². The molecule has 0 unspecified atom stereocenters. The molecule has 1 aliphatic heterocycles. The summed E-state index contributed by atoms with van der Waals surface area (Å²) in [5, 5.41) is 13.5. The van der Waals surface area contributed by atoms with Crippen LogP contribution in [-0.2, 0) is 30.9 Å². The third-order valence-electron chi connectivity index (χ3n) is 3.43. The van der Waals surface area contributed by atoms with Crippen molar-refractivity contribution in [1.29, 1.82) is 0 Å². The van der Waals surface area contributed by atoms with Crippen LogP contribution in [0, 0.1) is 0 Å². The van der Waals surface area contributed by atoms with Gasteiger partial charge in [0.1, 0.15) is 0 Å². The van der Waals surface area contributed by atoms with Crippen molar-refractivity contribution >= 4 is 34.2 Å². The molecule has 0 bridgehead atoms. The van der Waals surface area contributed by atoms with Gasteiger partial charge in [0.25, 0.3) is 0 Å². The Morgan fingerprint density at radius 1 is 1.26 bits per heavy atom. The fourth-order valence-corrected chi connectivity index (χ4v) is 7.73. The summed E-state index contributed by atoms with van der Waals surface area (Å²) >= 11 is 0.0902. The first kappa shape index (κ1) is 15.6. The van der Waals surface area contributed by atoms with E-state index >= 15 is 0 Å². The molecular weight excluding hydrogens is 349 g/mol. The normalized spacial score (nSPS) is 21.6. The Hall–Kier alpha value is 0.219. The summed E-state index contributed by atoms with van der Waals surface area (Å²) in [5.41, 5.74) is 0.0990. The maximum absolute atomic E-state index is 12.3. The Labute approximate surface area is 124 Å². The molecule has 0 aromatic carbocycles. The van der Waals surface area contributed by atoms with Crippen molar-refractivity contribution in [3.63, 3.8) is 0 Å². The van der Waals surface area contributed by atoms with Crippen LogP contribution < -0.4 is 0 Å². The van der Waals surface area contributed by atoms with E-state index in [1.165, 1.54) is 15.8 Å². The molecule has 107 valence electrons. The number of hydroxylamine groups is 2. The molecule has 0 aliphatic carbocycles. The van der Waals surface area contributed by atoms with Crippen LogP contribution >= 0.6 is 10.8 Å². The van der Waals surface area contributed by atoms with Gasteiger partial charge < -0.3 is 0 Å². The van der Waals surface area contributed by atoms with Crippen LogP contribution in [0.3, 0.4) is 0 Å². The molecule has 1 aromatic rings. The molecule has 2 heterocycles. The Bertz CT molecular complexity index is 571. The number of hydrogen-bond acceptors (Lipinski definition) is 4. The topological polar surface area (TPSA) is 57.3 Å². The average molecular weight is 367 g/mol. The van der Waals surface area contributed by atoms with Crippen LogP contribution in [0.5, 0.6) is 0 Å². The molecule has 2 rings (SSSR count). The molecule has 0 atom stereocenters. The van der Waals surface area contributed by atoms with Gasteiger partial charge in [-0.2, -0.15) is 0 Å². The molecule has 1 aromatic heterocycles. The molecule has 0 spiro atoms. The fourth-order valence-electron chi connectivity index (χ4n) is 2.49. The number of nitrogens with zero attached hydrogens (tertiary/aromatic N) is 1. The SMILES string of the molecule is CC1(C)c2cc(CSS(C)(=O)=O)[se]c2C(C)(C)N1[O]. The monoisotopic (exact) mass is 368 g/mol. The second kappa shape index (κ2) is 4.61. The second-order valence-corrected chi connectivity index (χ2v) is 12.7. The van der Waals surface area contributed by atoms with Gasteiger partial charge >= 0.3 is 124 Å². The first-order valence-corrected chi connectivity index (χ1v) is 11.0. The molecule has 1 aliphatic rings. The van der Waals surface area contributed by atoms with Gasteiger partial charge in [-0.1, -0.05) is 0 Å². The predicted octanol–water partition coefficient (Wildman–Crippen LogP) is 2.07. The molecule has 0 N–H and O–H groups in total. The Kier molecular flexibility index (Phi) is 3.79. The van der Waals surface area contributed by atoms with Crippen LogP contribution in [0.1, 0.15) is 42.1 Å². The fraction of sp³-hybridized carbons (Fsp3) is 0.667. The summed E-state index contributed by atoms with van der Waals surface area (Å²) in [6.45, 7) is 7.77. The van der Waals surface area contributed by atoms with Crippen molar-refractivity contribution in [1.82, 2.24) is 5.06 Å². The van der Waals surface area contributed by atoms with Crippen LogP contribution in [0.25, 0.3) is 0 Å². The van der Waals surface area contributed by atoms with Gasteiger partial charge in [-0.05, 0) is 0 Å². The van der Waals surface area contributed by atoms with E-state index in [1.807, 2.05) is 33.8 Å². The summed E-state index contributed by atoms with van der Waals surface area (Å²) < 4.78 is 24.8. The van der Waals surface area contributed by atoms with Crippen molar-refractivity contribution in [3.05, 3.63) is 20.5 Å². The summed E-state index contributed by atoms with van der Waals surface area (Å²) in [4.78, 5) is 0. The zero-order chi connectivity index (χ0) is 14.6. The van der Waals surface area contributed by atoms with E-state index in [-0.39, 0.29) is 14.5 Å². The van der Waals surface area contributed by atoms with Gasteiger partial charge in [0, 0.05) is 0 Å². The van der Waals surface area contributed by atoms with E-state index < -0.39 is 19.9 Å². The van der Waals surface area contributed by atoms with Crippen molar-refractivity contribution in [2.24, 2.45) is 0 Å². The van der Waals surface area contributed by atoms with Crippen LogP contribution in [0.15, 0.2) is 6.07 Å². The number of fused-ring (bicyclic) bond motifs is 1. The molecule has 0 fully saturated rings. The van der Waals surface area contributed by atoms with Gasteiger partial charge in [0.15, 0.2) is 0 Å². The Balaban J connectivity index is 2.35. The van der Waals surface area contributed by atoms with Gasteiger partial charge in [-0.3, -0.25) is 0 Å². The Morgan fingerprint density at radius 3 is 2.32 bits per heavy atom. The maximum atomic E-state index is 12.3.